The summed E-state index contributed by atoms with van der Waals surface area (Å²) in [5.74, 6) is -0.325. The summed E-state index contributed by atoms with van der Waals surface area (Å²) in [6.07, 6.45) is 4.03. The Balaban J connectivity index is 1.51. The predicted molar refractivity (Wildman–Crippen MR) is 116 cm³/mol. The Labute approximate surface area is 179 Å². The van der Waals surface area contributed by atoms with Crippen LogP contribution < -0.4 is 5.32 Å². The third-order valence-electron chi connectivity index (χ3n) is 5.13. The molecule has 0 radical (unpaired) electrons. The lowest BCUT2D eigenvalue weighted by molar-refractivity contribution is -0.121. The number of rotatable bonds is 4. The average Bonchev–Trinajstić information content (AvgIpc) is 3.20. The van der Waals surface area contributed by atoms with E-state index in [4.69, 9.17) is 0 Å². The van der Waals surface area contributed by atoms with Gasteiger partial charge in [-0.1, -0.05) is 23.5 Å². The van der Waals surface area contributed by atoms with Gasteiger partial charge in [-0.05, 0) is 57.4 Å². The fourth-order valence-electron chi connectivity index (χ4n) is 3.58. The average molecular weight is 422 g/mol. The number of carbonyl (C=O) groups excluding carboxylic acids is 2. The summed E-state index contributed by atoms with van der Waals surface area (Å²) in [5, 5.41) is 12.9. The first-order chi connectivity index (χ1) is 14.5. The third kappa shape index (κ3) is 4.38. The molecule has 0 saturated carbocycles. The number of nitrogens with one attached hydrogen (secondary N) is 1. The van der Waals surface area contributed by atoms with Gasteiger partial charge in [-0.3, -0.25) is 14.6 Å². The van der Waals surface area contributed by atoms with Crippen molar-refractivity contribution in [1.82, 2.24) is 20.1 Å². The minimum Gasteiger partial charge on any atom is -0.327 e. The minimum atomic E-state index is -0.500. The van der Waals surface area contributed by atoms with Crippen LogP contribution in [-0.2, 0) is 4.79 Å². The van der Waals surface area contributed by atoms with Crippen LogP contribution >= 0.6 is 11.3 Å². The molecular formula is C22H23N5O2S. The fourth-order valence-corrected chi connectivity index (χ4v) is 4.26. The first-order valence-corrected chi connectivity index (χ1v) is 10.8. The van der Waals surface area contributed by atoms with E-state index in [2.05, 4.69) is 20.5 Å². The summed E-state index contributed by atoms with van der Waals surface area (Å²) in [6, 6.07) is 10.6. The van der Waals surface area contributed by atoms with Gasteiger partial charge in [0.05, 0.1) is 5.56 Å². The van der Waals surface area contributed by atoms with Crippen LogP contribution in [0.5, 0.6) is 0 Å². The molecule has 3 heterocycles. The molecule has 1 aromatic carbocycles. The summed E-state index contributed by atoms with van der Waals surface area (Å²) in [6.45, 7) is 4.35. The number of carbonyl (C=O) groups is 2. The van der Waals surface area contributed by atoms with E-state index in [0.29, 0.717) is 24.2 Å². The van der Waals surface area contributed by atoms with E-state index in [1.165, 1.54) is 11.3 Å². The molecule has 8 heteroatoms. The van der Waals surface area contributed by atoms with Crippen molar-refractivity contribution in [3.8, 4) is 10.6 Å². The van der Waals surface area contributed by atoms with Gasteiger partial charge < -0.3 is 10.2 Å². The maximum atomic E-state index is 13.1. The van der Waals surface area contributed by atoms with Crippen LogP contribution in [-0.4, -0.2) is 44.5 Å². The molecule has 4 rings (SSSR count). The van der Waals surface area contributed by atoms with Crippen molar-refractivity contribution in [2.45, 2.75) is 39.2 Å². The second-order valence-corrected chi connectivity index (χ2v) is 8.58. The molecule has 1 aliphatic rings. The van der Waals surface area contributed by atoms with Crippen molar-refractivity contribution in [3.05, 3.63) is 58.9 Å². The number of likely N-dealkylation sites (tertiary alicyclic amines) is 1. The van der Waals surface area contributed by atoms with Gasteiger partial charge in [0.25, 0.3) is 5.91 Å². The van der Waals surface area contributed by atoms with Crippen LogP contribution in [0.25, 0.3) is 10.6 Å². The Kier molecular flexibility index (Phi) is 5.85. The first kappa shape index (κ1) is 20.2. The van der Waals surface area contributed by atoms with Gasteiger partial charge >= 0.3 is 0 Å². The van der Waals surface area contributed by atoms with Gasteiger partial charge in [-0.25, -0.2) is 0 Å². The lowest BCUT2D eigenvalue weighted by Crippen LogP contribution is -2.50. The van der Waals surface area contributed by atoms with Crippen LogP contribution in [0.4, 0.5) is 5.69 Å². The zero-order chi connectivity index (χ0) is 21.1. The Morgan fingerprint density at radius 3 is 2.73 bits per heavy atom. The zero-order valence-electron chi connectivity index (χ0n) is 17.0. The quantitative estimate of drug-likeness (QED) is 0.691. The Morgan fingerprint density at radius 1 is 1.13 bits per heavy atom. The Bertz CT molecular complexity index is 1060. The molecule has 2 amide bonds. The van der Waals surface area contributed by atoms with Crippen LogP contribution in [0.2, 0.25) is 0 Å². The highest BCUT2D eigenvalue weighted by Gasteiger charge is 2.32. The van der Waals surface area contributed by atoms with Gasteiger partial charge in [0.15, 0.2) is 0 Å². The molecule has 30 heavy (non-hydrogen) atoms. The fraction of sp³-hybridized carbons (Fsp3) is 0.318. The summed E-state index contributed by atoms with van der Waals surface area (Å²) >= 11 is 1.51. The molecule has 1 aliphatic heterocycles. The molecule has 1 N–H and O–H groups in total. The van der Waals surface area contributed by atoms with Gasteiger partial charge in [0.1, 0.15) is 16.1 Å². The minimum absolute atomic E-state index is 0.152. The zero-order valence-corrected chi connectivity index (χ0v) is 17.8. The van der Waals surface area contributed by atoms with Crippen molar-refractivity contribution in [3.63, 3.8) is 0 Å². The van der Waals surface area contributed by atoms with E-state index in [0.717, 1.165) is 34.1 Å². The molecule has 0 aliphatic carbocycles. The highest BCUT2D eigenvalue weighted by Crippen LogP contribution is 2.26. The van der Waals surface area contributed by atoms with Gasteiger partial charge in [0.2, 0.25) is 5.91 Å². The number of aromatic nitrogens is 3. The lowest BCUT2D eigenvalue weighted by atomic mass is 10.00. The van der Waals surface area contributed by atoms with Crippen molar-refractivity contribution in [2.24, 2.45) is 0 Å². The second-order valence-electron chi connectivity index (χ2n) is 7.39. The highest BCUT2D eigenvalue weighted by molar-refractivity contribution is 7.14. The molecule has 7 nitrogen and oxygen atoms in total. The molecule has 2 aromatic heterocycles. The largest absolute Gasteiger partial charge is 0.327 e. The van der Waals surface area contributed by atoms with Crippen LogP contribution in [0, 0.1) is 13.8 Å². The van der Waals surface area contributed by atoms with Crippen LogP contribution in [0.3, 0.4) is 0 Å². The molecule has 3 aromatic rings. The molecule has 1 atom stereocenters. The van der Waals surface area contributed by atoms with Crippen molar-refractivity contribution < 1.29 is 9.59 Å². The molecular weight excluding hydrogens is 398 g/mol. The summed E-state index contributed by atoms with van der Waals surface area (Å²) in [7, 11) is 0. The van der Waals surface area contributed by atoms with Crippen molar-refractivity contribution in [2.75, 3.05) is 11.9 Å². The molecule has 154 valence electrons. The van der Waals surface area contributed by atoms with Gasteiger partial charge in [-0.2, -0.15) is 0 Å². The van der Waals surface area contributed by atoms with E-state index in [-0.39, 0.29) is 11.8 Å². The number of benzene rings is 1. The van der Waals surface area contributed by atoms with Crippen molar-refractivity contribution in [1.29, 1.82) is 0 Å². The van der Waals surface area contributed by atoms with E-state index in [9.17, 15) is 9.59 Å². The number of aryl methyl sites for hydroxylation is 2. The third-order valence-corrected chi connectivity index (χ3v) is 6.02. The molecule has 1 saturated heterocycles. The van der Waals surface area contributed by atoms with E-state index < -0.39 is 6.04 Å². The first-order valence-electron chi connectivity index (χ1n) is 9.96. The second kappa shape index (κ2) is 8.71. The van der Waals surface area contributed by atoms with Crippen LogP contribution in [0.15, 0.2) is 42.6 Å². The maximum Gasteiger partial charge on any atom is 0.256 e. The van der Waals surface area contributed by atoms with E-state index in [1.54, 1.807) is 17.2 Å². The normalized spacial score (nSPS) is 16.3. The number of piperidine rings is 1. The number of amides is 2. The molecule has 0 spiro atoms. The summed E-state index contributed by atoms with van der Waals surface area (Å²) in [4.78, 5) is 32.0. The number of pyridine rings is 1. The SMILES string of the molecule is Cc1ccc(C(=O)N2CCCC[C@@H]2C(=O)Nc2cccc(-c3nnc(C)s3)c2)cn1. The topological polar surface area (TPSA) is 88.1 Å². The number of anilines is 1. The summed E-state index contributed by atoms with van der Waals surface area (Å²) < 4.78 is 0. The van der Waals surface area contributed by atoms with Gasteiger partial charge in [-0.15, -0.1) is 10.2 Å². The lowest BCUT2D eigenvalue weighted by Gasteiger charge is -2.34. The monoisotopic (exact) mass is 421 g/mol. The number of nitrogens with zero attached hydrogens (tertiary/aromatic N) is 4. The number of hydrogen-bond acceptors (Lipinski definition) is 6. The molecule has 0 unspecified atom stereocenters. The highest BCUT2D eigenvalue weighted by atomic mass is 32.1. The van der Waals surface area contributed by atoms with Gasteiger partial charge in [0, 0.05) is 29.7 Å². The van der Waals surface area contributed by atoms with E-state index in [1.807, 2.05) is 44.2 Å². The van der Waals surface area contributed by atoms with E-state index >= 15 is 0 Å². The standard InChI is InChI=1S/C22H23N5O2S/c1-14-9-10-17(13-23-14)22(29)27-11-4-3-8-19(27)20(28)24-18-7-5-6-16(12-18)21-26-25-15(2)30-21/h5-7,9-10,12-13,19H,3-4,8,11H2,1-2H3,(H,24,28)/t19-/m1/s1. The molecule has 1 fully saturated rings. The number of hydrogen-bond donors (Lipinski definition) is 1. The van der Waals surface area contributed by atoms with Crippen LogP contribution in [0.1, 0.15) is 40.3 Å². The maximum absolute atomic E-state index is 13.1. The Hall–Kier alpha value is -3.13. The van der Waals surface area contributed by atoms with Crippen molar-refractivity contribution >= 4 is 28.8 Å². The molecule has 0 bridgehead atoms. The summed E-state index contributed by atoms with van der Waals surface area (Å²) in [5.41, 5.74) is 2.94. The Morgan fingerprint density at radius 2 is 2.00 bits per heavy atom. The smallest absolute Gasteiger partial charge is 0.256 e. The predicted octanol–water partition coefficient (Wildman–Crippen LogP) is 3.85.